The number of hydrazine groups is 1. The molecule has 1 unspecified atom stereocenters. The number of nitrogens with two attached hydrogens (primary N) is 1. The van der Waals surface area contributed by atoms with Gasteiger partial charge in [0.25, 0.3) is 0 Å². The maximum Gasteiger partial charge on any atom is 0.244 e. The van der Waals surface area contributed by atoms with Crippen LogP contribution in [0.5, 0.6) is 0 Å². The lowest BCUT2D eigenvalue weighted by Crippen LogP contribution is -2.40. The van der Waals surface area contributed by atoms with Crippen molar-refractivity contribution in [3.8, 4) is 0 Å². The van der Waals surface area contributed by atoms with Crippen molar-refractivity contribution in [2.75, 3.05) is 18.5 Å². The van der Waals surface area contributed by atoms with E-state index >= 15 is 0 Å². The number of aliphatic hydroxyl groups is 1. The topological polar surface area (TPSA) is 109 Å². The van der Waals surface area contributed by atoms with Crippen molar-refractivity contribution in [1.29, 1.82) is 0 Å². The van der Waals surface area contributed by atoms with E-state index in [2.05, 4.69) is 10.4 Å². The second-order valence-electron chi connectivity index (χ2n) is 5.01. The van der Waals surface area contributed by atoms with Gasteiger partial charge < -0.3 is 10.5 Å². The van der Waals surface area contributed by atoms with E-state index < -0.39 is 16.1 Å². The molecule has 1 saturated heterocycles. The monoisotopic (exact) mass is 300 g/mol. The first-order valence-corrected chi connectivity index (χ1v) is 8.00. The molecule has 0 radical (unpaired) electrons. The smallest absolute Gasteiger partial charge is 0.244 e. The molecular weight excluding hydrogens is 280 g/mol. The van der Waals surface area contributed by atoms with Gasteiger partial charge in [-0.05, 0) is 37.8 Å². The highest BCUT2D eigenvalue weighted by Gasteiger charge is 2.30. The van der Waals surface area contributed by atoms with E-state index in [4.69, 9.17) is 5.84 Å². The Morgan fingerprint density at radius 3 is 2.55 bits per heavy atom. The average Bonchev–Trinajstić information content (AvgIpc) is 2.47. The van der Waals surface area contributed by atoms with E-state index in [0.29, 0.717) is 31.7 Å². The molecule has 1 fully saturated rings. The molecule has 1 aromatic rings. The van der Waals surface area contributed by atoms with Crippen molar-refractivity contribution in [3.05, 3.63) is 18.3 Å². The quantitative estimate of drug-likeness (QED) is 0.539. The number of pyridine rings is 1. The maximum atomic E-state index is 12.4. The van der Waals surface area contributed by atoms with Gasteiger partial charge in [0.1, 0.15) is 10.7 Å². The highest BCUT2D eigenvalue weighted by atomic mass is 32.2. The van der Waals surface area contributed by atoms with E-state index in [-0.39, 0.29) is 10.8 Å². The van der Waals surface area contributed by atoms with Crippen LogP contribution in [0.25, 0.3) is 0 Å². The Balaban J connectivity index is 2.11. The summed E-state index contributed by atoms with van der Waals surface area (Å²) in [5.74, 6) is 5.78. The second-order valence-corrected chi connectivity index (χ2v) is 6.94. The van der Waals surface area contributed by atoms with Crippen LogP contribution in [0.2, 0.25) is 0 Å². The molecule has 2 heterocycles. The molecule has 1 atom stereocenters. The van der Waals surface area contributed by atoms with Crippen molar-refractivity contribution in [2.45, 2.75) is 30.8 Å². The van der Waals surface area contributed by atoms with Gasteiger partial charge >= 0.3 is 0 Å². The van der Waals surface area contributed by atoms with Crippen LogP contribution in [-0.4, -0.2) is 42.0 Å². The van der Waals surface area contributed by atoms with Gasteiger partial charge in [0.15, 0.2) is 0 Å². The Bertz CT molecular complexity index is 536. The zero-order chi connectivity index (χ0) is 14.8. The Kier molecular flexibility index (Phi) is 4.59. The van der Waals surface area contributed by atoms with Crippen molar-refractivity contribution >= 4 is 15.8 Å². The van der Waals surface area contributed by atoms with Crippen LogP contribution in [0.4, 0.5) is 5.82 Å². The minimum atomic E-state index is -3.52. The number of aromatic nitrogens is 1. The molecule has 1 aromatic heterocycles. The highest BCUT2D eigenvalue weighted by molar-refractivity contribution is 7.89. The fraction of sp³-hybridized carbons (Fsp3) is 0.583. The molecule has 0 aliphatic carbocycles. The zero-order valence-corrected chi connectivity index (χ0v) is 12.2. The Morgan fingerprint density at radius 1 is 1.45 bits per heavy atom. The van der Waals surface area contributed by atoms with Gasteiger partial charge in [-0.25, -0.2) is 19.2 Å². The van der Waals surface area contributed by atoms with Crippen molar-refractivity contribution in [2.24, 2.45) is 11.8 Å². The molecule has 20 heavy (non-hydrogen) atoms. The van der Waals surface area contributed by atoms with Gasteiger partial charge in [-0.3, -0.25) is 0 Å². The number of nitrogen functional groups attached to an aromatic ring is 1. The predicted molar refractivity (Wildman–Crippen MR) is 75.2 cm³/mol. The normalized spacial score (nSPS) is 19.8. The molecule has 0 saturated carbocycles. The number of hydrogen-bond acceptors (Lipinski definition) is 6. The molecule has 0 aromatic carbocycles. The van der Waals surface area contributed by atoms with E-state index in [1.807, 2.05) is 0 Å². The van der Waals surface area contributed by atoms with Gasteiger partial charge in [-0.2, -0.15) is 4.31 Å². The summed E-state index contributed by atoms with van der Waals surface area (Å²) in [6, 6.07) is 3.01. The lowest BCUT2D eigenvalue weighted by atomic mass is 9.93. The molecule has 0 bridgehead atoms. The van der Waals surface area contributed by atoms with Crippen LogP contribution < -0.4 is 11.3 Å². The van der Waals surface area contributed by atoms with Crippen LogP contribution >= 0.6 is 0 Å². The zero-order valence-electron chi connectivity index (χ0n) is 11.4. The van der Waals surface area contributed by atoms with E-state index in [1.54, 1.807) is 6.92 Å². The minimum Gasteiger partial charge on any atom is -0.393 e. The molecule has 1 aliphatic rings. The van der Waals surface area contributed by atoms with E-state index in [1.165, 1.54) is 22.6 Å². The molecule has 1 aliphatic heterocycles. The number of rotatable bonds is 4. The van der Waals surface area contributed by atoms with Gasteiger partial charge in [0, 0.05) is 19.3 Å². The number of piperidine rings is 1. The first-order valence-electron chi connectivity index (χ1n) is 6.56. The summed E-state index contributed by atoms with van der Waals surface area (Å²) in [7, 11) is -3.52. The highest BCUT2D eigenvalue weighted by Crippen LogP contribution is 2.25. The van der Waals surface area contributed by atoms with Gasteiger partial charge in [-0.15, -0.1) is 0 Å². The number of aliphatic hydroxyl groups excluding tert-OH is 1. The molecule has 112 valence electrons. The largest absolute Gasteiger partial charge is 0.393 e. The van der Waals surface area contributed by atoms with E-state index in [0.717, 1.165) is 0 Å². The summed E-state index contributed by atoms with van der Waals surface area (Å²) in [5, 5.41) is 9.54. The number of nitrogens with zero attached hydrogens (tertiary/aromatic N) is 2. The molecule has 4 N–H and O–H groups in total. The van der Waals surface area contributed by atoms with Crippen molar-refractivity contribution in [1.82, 2.24) is 9.29 Å². The molecule has 0 spiro atoms. The Hall–Kier alpha value is -1.22. The average molecular weight is 300 g/mol. The first kappa shape index (κ1) is 15.2. The van der Waals surface area contributed by atoms with Crippen LogP contribution in [0, 0.1) is 5.92 Å². The van der Waals surface area contributed by atoms with Crippen LogP contribution in [0.15, 0.2) is 23.2 Å². The number of sulfonamides is 1. The molecular formula is C12H20N4O3S. The summed E-state index contributed by atoms with van der Waals surface area (Å²) in [4.78, 5) is 4.08. The van der Waals surface area contributed by atoms with Gasteiger partial charge in [-0.1, -0.05) is 0 Å². The summed E-state index contributed by atoms with van der Waals surface area (Å²) in [5.41, 5.74) is 2.36. The summed E-state index contributed by atoms with van der Waals surface area (Å²) in [6.07, 6.45) is 2.25. The molecule has 7 nitrogen and oxygen atoms in total. The SMILES string of the molecule is CC(O)C1CCN(S(=O)(=O)c2ccc(NN)nc2)CC1. The van der Waals surface area contributed by atoms with Crippen LogP contribution in [0.1, 0.15) is 19.8 Å². The van der Waals surface area contributed by atoms with E-state index in [9.17, 15) is 13.5 Å². The standard InChI is InChI=1S/C12H20N4O3S/c1-9(17)10-4-6-16(7-5-10)20(18,19)11-2-3-12(15-13)14-8-11/h2-3,8-10,17H,4-7,13H2,1H3,(H,14,15). The fourth-order valence-electron chi connectivity index (χ4n) is 2.37. The summed E-state index contributed by atoms with van der Waals surface area (Å²) in [6.45, 7) is 2.60. The van der Waals surface area contributed by atoms with Crippen molar-refractivity contribution in [3.63, 3.8) is 0 Å². The lowest BCUT2D eigenvalue weighted by Gasteiger charge is -2.32. The van der Waals surface area contributed by atoms with Crippen LogP contribution in [-0.2, 0) is 10.0 Å². The first-order chi connectivity index (χ1) is 9.45. The van der Waals surface area contributed by atoms with Crippen molar-refractivity contribution < 1.29 is 13.5 Å². The molecule has 8 heteroatoms. The summed E-state index contributed by atoms with van der Waals surface area (Å²) < 4.78 is 26.3. The third-order valence-corrected chi connectivity index (χ3v) is 5.59. The third-order valence-electron chi connectivity index (χ3n) is 3.70. The molecule has 2 rings (SSSR count). The predicted octanol–water partition coefficient (Wildman–Crippen LogP) is 0.149. The number of nitrogens with one attached hydrogen (secondary N) is 1. The lowest BCUT2D eigenvalue weighted by molar-refractivity contribution is 0.0912. The fourth-order valence-corrected chi connectivity index (χ4v) is 3.78. The maximum absolute atomic E-state index is 12.4. The van der Waals surface area contributed by atoms with Gasteiger partial charge in [0.2, 0.25) is 10.0 Å². The summed E-state index contributed by atoms with van der Waals surface area (Å²) >= 11 is 0. The third kappa shape index (κ3) is 3.09. The minimum absolute atomic E-state index is 0.159. The van der Waals surface area contributed by atoms with Crippen LogP contribution in [0.3, 0.4) is 0 Å². The molecule has 0 amide bonds. The number of anilines is 1. The number of hydrogen-bond donors (Lipinski definition) is 3. The second kappa shape index (κ2) is 6.04. The Morgan fingerprint density at radius 2 is 2.10 bits per heavy atom. The van der Waals surface area contributed by atoms with Gasteiger partial charge in [0.05, 0.1) is 6.10 Å². The Labute approximate surface area is 118 Å².